The van der Waals surface area contributed by atoms with E-state index >= 15 is 0 Å². The smallest absolute Gasteiger partial charge is 0.319 e. The molecule has 0 amide bonds. The van der Waals surface area contributed by atoms with Gasteiger partial charge in [0.25, 0.3) is 0 Å². The highest BCUT2D eigenvalue weighted by Gasteiger charge is 2.25. The summed E-state index contributed by atoms with van der Waals surface area (Å²) in [4.78, 5) is 15.4. The van der Waals surface area contributed by atoms with Gasteiger partial charge >= 0.3 is 5.97 Å². The summed E-state index contributed by atoms with van der Waals surface area (Å²) in [6.07, 6.45) is 0. The quantitative estimate of drug-likeness (QED) is 0.577. The van der Waals surface area contributed by atoms with Crippen molar-refractivity contribution < 1.29 is 9.53 Å². The predicted molar refractivity (Wildman–Crippen MR) is 53.9 cm³/mol. The number of ether oxygens (including phenoxy) is 1. The first-order chi connectivity index (χ1) is 6.67. The zero-order valence-electron chi connectivity index (χ0n) is 8.90. The summed E-state index contributed by atoms with van der Waals surface area (Å²) >= 11 is 0. The average Bonchev–Trinajstić information content (AvgIpc) is 2.20. The lowest BCUT2D eigenvalue weighted by molar-refractivity contribution is -0.143. The van der Waals surface area contributed by atoms with Gasteiger partial charge in [-0.1, -0.05) is 0 Å². The van der Waals surface area contributed by atoms with Crippen LogP contribution in [0.4, 0.5) is 0 Å². The highest BCUT2D eigenvalue weighted by Crippen LogP contribution is 2.06. The van der Waals surface area contributed by atoms with Gasteiger partial charge in [0.05, 0.1) is 13.7 Å². The van der Waals surface area contributed by atoms with Crippen LogP contribution in [0.1, 0.15) is 0 Å². The van der Waals surface area contributed by atoms with Crippen molar-refractivity contribution in [3.05, 3.63) is 0 Å². The van der Waals surface area contributed by atoms with Crippen LogP contribution < -0.4 is 5.73 Å². The minimum Gasteiger partial charge on any atom is -0.468 e. The molecule has 1 atom stereocenters. The van der Waals surface area contributed by atoms with Crippen LogP contribution in [0.2, 0.25) is 0 Å². The second kappa shape index (κ2) is 5.29. The van der Waals surface area contributed by atoms with Crippen LogP contribution in [-0.2, 0) is 9.53 Å². The third-order valence-corrected chi connectivity index (χ3v) is 2.64. The second-order valence-electron chi connectivity index (χ2n) is 3.70. The van der Waals surface area contributed by atoms with Crippen LogP contribution in [0.5, 0.6) is 0 Å². The Kier molecular flexibility index (Phi) is 4.31. The maximum atomic E-state index is 11.1. The van der Waals surface area contributed by atoms with Crippen LogP contribution in [0, 0.1) is 0 Å². The lowest BCUT2D eigenvalue weighted by atomic mass is 10.2. The Morgan fingerprint density at radius 1 is 1.57 bits per heavy atom. The molecule has 0 saturated carbocycles. The fourth-order valence-electron chi connectivity index (χ4n) is 1.71. The monoisotopic (exact) mass is 201 g/mol. The van der Waals surface area contributed by atoms with Crippen molar-refractivity contribution in [1.29, 1.82) is 0 Å². The third-order valence-electron chi connectivity index (χ3n) is 2.64. The van der Waals surface area contributed by atoms with Crippen LogP contribution in [-0.4, -0.2) is 68.7 Å². The number of likely N-dealkylation sites (N-methyl/N-ethyl adjacent to an activating group) is 1. The first-order valence-electron chi connectivity index (χ1n) is 4.87. The molecule has 0 aromatic carbocycles. The number of hydrogen-bond donors (Lipinski definition) is 1. The van der Waals surface area contributed by atoms with E-state index in [9.17, 15) is 4.79 Å². The van der Waals surface area contributed by atoms with E-state index in [4.69, 9.17) is 5.73 Å². The Balaban J connectivity index is 2.45. The van der Waals surface area contributed by atoms with Crippen LogP contribution >= 0.6 is 0 Å². The molecule has 0 radical (unpaired) electrons. The molecule has 1 aliphatic heterocycles. The number of methoxy groups -OCH3 is 1. The molecular formula is C9H19N3O2. The molecule has 0 aromatic rings. The molecule has 1 saturated heterocycles. The molecule has 0 aromatic heterocycles. The summed E-state index contributed by atoms with van der Waals surface area (Å²) in [5.41, 5.74) is 5.65. The molecule has 1 rings (SSSR count). The van der Waals surface area contributed by atoms with E-state index in [0.29, 0.717) is 13.1 Å². The van der Waals surface area contributed by atoms with E-state index in [0.717, 1.165) is 19.6 Å². The molecule has 1 heterocycles. The minimum atomic E-state index is -0.187. The van der Waals surface area contributed by atoms with Gasteiger partial charge in [0.15, 0.2) is 0 Å². The van der Waals surface area contributed by atoms with Gasteiger partial charge in [0.1, 0.15) is 0 Å². The molecule has 82 valence electrons. The number of rotatable bonds is 3. The maximum Gasteiger partial charge on any atom is 0.319 e. The van der Waals surface area contributed by atoms with Crippen molar-refractivity contribution in [2.75, 3.05) is 46.9 Å². The van der Waals surface area contributed by atoms with E-state index in [1.165, 1.54) is 7.11 Å². The van der Waals surface area contributed by atoms with Crippen LogP contribution in [0.15, 0.2) is 0 Å². The Bertz CT molecular complexity index is 198. The van der Waals surface area contributed by atoms with Gasteiger partial charge in [-0.3, -0.25) is 9.69 Å². The Labute approximate surface area is 84.8 Å². The van der Waals surface area contributed by atoms with Crippen molar-refractivity contribution >= 4 is 5.97 Å². The molecule has 5 nitrogen and oxygen atoms in total. The Morgan fingerprint density at radius 2 is 2.29 bits per heavy atom. The van der Waals surface area contributed by atoms with E-state index in [2.05, 4.69) is 21.6 Å². The second-order valence-corrected chi connectivity index (χ2v) is 3.70. The summed E-state index contributed by atoms with van der Waals surface area (Å²) in [5, 5.41) is 0. The molecule has 1 fully saturated rings. The molecule has 0 bridgehead atoms. The Morgan fingerprint density at radius 3 is 2.86 bits per heavy atom. The zero-order chi connectivity index (χ0) is 10.6. The number of carbonyl (C=O) groups is 1. The first kappa shape index (κ1) is 11.4. The summed E-state index contributed by atoms with van der Waals surface area (Å²) in [6.45, 7) is 3.72. The standard InChI is InChI=1S/C9H19N3O2/c1-11-3-4-12(7-9(13)14-2)8(5-10)6-11/h8H,3-7,10H2,1-2H3. The highest BCUT2D eigenvalue weighted by molar-refractivity contribution is 5.71. The first-order valence-corrected chi connectivity index (χ1v) is 4.87. The van der Waals surface area contributed by atoms with Crippen molar-refractivity contribution in [1.82, 2.24) is 9.80 Å². The van der Waals surface area contributed by atoms with Gasteiger partial charge in [0, 0.05) is 32.2 Å². The van der Waals surface area contributed by atoms with Gasteiger partial charge in [-0.2, -0.15) is 0 Å². The SMILES string of the molecule is COC(=O)CN1CCN(C)CC1CN. The summed E-state index contributed by atoms with van der Waals surface area (Å²) in [5.74, 6) is -0.187. The maximum absolute atomic E-state index is 11.1. The molecular weight excluding hydrogens is 182 g/mol. The van der Waals surface area contributed by atoms with Gasteiger partial charge in [0.2, 0.25) is 0 Å². The molecule has 2 N–H and O–H groups in total. The molecule has 14 heavy (non-hydrogen) atoms. The van der Waals surface area contributed by atoms with Crippen molar-refractivity contribution in [3.8, 4) is 0 Å². The number of piperazine rings is 1. The largest absolute Gasteiger partial charge is 0.468 e. The third kappa shape index (κ3) is 2.94. The minimum absolute atomic E-state index is 0.187. The summed E-state index contributed by atoms with van der Waals surface area (Å²) in [7, 11) is 3.48. The lowest BCUT2D eigenvalue weighted by Crippen LogP contribution is -2.56. The topological polar surface area (TPSA) is 58.8 Å². The summed E-state index contributed by atoms with van der Waals surface area (Å²) < 4.78 is 4.64. The zero-order valence-corrected chi connectivity index (χ0v) is 8.90. The molecule has 1 aliphatic rings. The lowest BCUT2D eigenvalue weighted by Gasteiger charge is -2.38. The molecule has 0 aliphatic carbocycles. The van der Waals surface area contributed by atoms with E-state index in [-0.39, 0.29) is 12.0 Å². The van der Waals surface area contributed by atoms with Crippen LogP contribution in [0.3, 0.4) is 0 Å². The molecule has 1 unspecified atom stereocenters. The fourth-order valence-corrected chi connectivity index (χ4v) is 1.71. The van der Waals surface area contributed by atoms with Crippen LogP contribution in [0.25, 0.3) is 0 Å². The summed E-state index contributed by atoms with van der Waals surface area (Å²) in [6, 6.07) is 0.271. The van der Waals surface area contributed by atoms with Crippen molar-refractivity contribution in [2.45, 2.75) is 6.04 Å². The van der Waals surface area contributed by atoms with Crippen molar-refractivity contribution in [2.24, 2.45) is 5.73 Å². The van der Waals surface area contributed by atoms with Gasteiger partial charge in [-0.25, -0.2) is 0 Å². The number of nitrogens with zero attached hydrogens (tertiary/aromatic N) is 2. The van der Waals surface area contributed by atoms with E-state index in [1.54, 1.807) is 0 Å². The molecule has 0 spiro atoms. The van der Waals surface area contributed by atoms with Gasteiger partial charge in [-0.15, -0.1) is 0 Å². The van der Waals surface area contributed by atoms with Gasteiger partial charge in [-0.05, 0) is 7.05 Å². The predicted octanol–water partition coefficient (Wildman–Crippen LogP) is -1.27. The van der Waals surface area contributed by atoms with Gasteiger partial charge < -0.3 is 15.4 Å². The number of esters is 1. The fraction of sp³-hybridized carbons (Fsp3) is 0.889. The van der Waals surface area contributed by atoms with E-state index < -0.39 is 0 Å². The Hall–Kier alpha value is -0.650. The number of carbonyl (C=O) groups excluding carboxylic acids is 1. The van der Waals surface area contributed by atoms with Crippen molar-refractivity contribution in [3.63, 3.8) is 0 Å². The molecule has 5 heteroatoms. The number of hydrogen-bond acceptors (Lipinski definition) is 5. The average molecular weight is 201 g/mol. The van der Waals surface area contributed by atoms with E-state index in [1.807, 2.05) is 0 Å². The highest BCUT2D eigenvalue weighted by atomic mass is 16.5. The number of nitrogens with two attached hydrogens (primary N) is 1. The normalized spacial score (nSPS) is 24.9.